The van der Waals surface area contributed by atoms with Crippen molar-refractivity contribution in [3.05, 3.63) is 114 Å². The van der Waals surface area contributed by atoms with Gasteiger partial charge < -0.3 is 0 Å². The van der Waals surface area contributed by atoms with E-state index in [1.54, 1.807) is 6.08 Å². The number of carbonyl (C=O) groups is 1. The summed E-state index contributed by atoms with van der Waals surface area (Å²) in [5.74, 6) is -0.0184. The summed E-state index contributed by atoms with van der Waals surface area (Å²) in [7, 11) is 0. The molecule has 0 saturated heterocycles. The maximum Gasteiger partial charge on any atom is 0.185 e. The fraction of sp³-hybridized carbons (Fsp3) is 0.0400. The minimum atomic E-state index is -0.0184. The normalized spacial score (nSPS) is 11.0. The van der Waals surface area contributed by atoms with Crippen molar-refractivity contribution in [2.75, 3.05) is 0 Å². The molecule has 0 fully saturated rings. The molecule has 0 saturated carbocycles. The third kappa shape index (κ3) is 3.84. The van der Waals surface area contributed by atoms with E-state index in [-0.39, 0.29) is 5.78 Å². The van der Waals surface area contributed by atoms with Crippen molar-refractivity contribution in [3.63, 3.8) is 0 Å². The maximum atomic E-state index is 12.6. The van der Waals surface area contributed by atoms with Gasteiger partial charge in [-0.2, -0.15) is 5.10 Å². The average Bonchev–Trinajstić information content (AvgIpc) is 3.17. The Balaban J connectivity index is 1.73. The summed E-state index contributed by atoms with van der Waals surface area (Å²) in [6.45, 7) is 1.98. The van der Waals surface area contributed by atoms with E-state index in [2.05, 4.69) is 0 Å². The van der Waals surface area contributed by atoms with Gasteiger partial charge in [0.15, 0.2) is 5.78 Å². The second-order valence-electron chi connectivity index (χ2n) is 6.65. The quantitative estimate of drug-likeness (QED) is 0.334. The number of allylic oxidation sites excluding steroid dienone is 1. The summed E-state index contributed by atoms with van der Waals surface area (Å²) in [6.07, 6.45) is 5.42. The lowest BCUT2D eigenvalue weighted by Gasteiger charge is -2.00. The molecule has 136 valence electrons. The first-order valence-corrected chi connectivity index (χ1v) is 9.20. The van der Waals surface area contributed by atoms with Crippen LogP contribution in [0.3, 0.4) is 0 Å². The summed E-state index contributed by atoms with van der Waals surface area (Å²) >= 11 is 0. The van der Waals surface area contributed by atoms with Crippen molar-refractivity contribution in [1.82, 2.24) is 9.78 Å². The molecule has 0 N–H and O–H groups in total. The standard InChI is InChI=1S/C25H20N2O/c1-19-9-8-12-21(17-19)24(28)16-15-22-18-27(23-13-6-3-7-14-23)26-25(22)20-10-4-2-5-11-20/h2-18H,1H3/b16-15+. The second kappa shape index (κ2) is 7.89. The summed E-state index contributed by atoms with van der Waals surface area (Å²) in [5, 5.41) is 4.77. The zero-order chi connectivity index (χ0) is 19.3. The van der Waals surface area contributed by atoms with Crippen LogP contribution < -0.4 is 0 Å². The van der Waals surface area contributed by atoms with E-state index in [4.69, 9.17) is 5.10 Å². The highest BCUT2D eigenvalue weighted by molar-refractivity contribution is 6.07. The molecule has 0 radical (unpaired) electrons. The van der Waals surface area contributed by atoms with Crippen LogP contribution in [0.2, 0.25) is 0 Å². The smallest absolute Gasteiger partial charge is 0.185 e. The fourth-order valence-electron chi connectivity index (χ4n) is 3.10. The molecule has 0 bridgehead atoms. The number of ketones is 1. The molecule has 3 nitrogen and oxygen atoms in total. The van der Waals surface area contributed by atoms with Crippen molar-refractivity contribution in [3.8, 4) is 16.9 Å². The van der Waals surface area contributed by atoms with Gasteiger partial charge in [-0.1, -0.05) is 72.3 Å². The molecule has 0 unspecified atom stereocenters. The van der Waals surface area contributed by atoms with Crippen LogP contribution in [0.5, 0.6) is 0 Å². The van der Waals surface area contributed by atoms with Crippen LogP contribution in [-0.2, 0) is 0 Å². The topological polar surface area (TPSA) is 34.9 Å². The highest BCUT2D eigenvalue weighted by Gasteiger charge is 2.11. The lowest BCUT2D eigenvalue weighted by atomic mass is 10.1. The Bertz CT molecular complexity index is 1130. The highest BCUT2D eigenvalue weighted by atomic mass is 16.1. The van der Waals surface area contributed by atoms with E-state index in [0.717, 1.165) is 28.1 Å². The van der Waals surface area contributed by atoms with Crippen molar-refractivity contribution >= 4 is 11.9 Å². The van der Waals surface area contributed by atoms with Crippen molar-refractivity contribution in [2.24, 2.45) is 0 Å². The van der Waals surface area contributed by atoms with E-state index in [0.29, 0.717) is 5.56 Å². The number of hydrogen-bond donors (Lipinski definition) is 0. The minimum absolute atomic E-state index is 0.0184. The monoisotopic (exact) mass is 364 g/mol. The third-order valence-corrected chi connectivity index (χ3v) is 4.53. The maximum absolute atomic E-state index is 12.6. The number of para-hydroxylation sites is 1. The number of carbonyl (C=O) groups excluding carboxylic acids is 1. The number of aryl methyl sites for hydroxylation is 1. The Labute approximate surface area is 164 Å². The van der Waals surface area contributed by atoms with Gasteiger partial charge in [-0.25, -0.2) is 4.68 Å². The largest absolute Gasteiger partial charge is 0.289 e. The van der Waals surface area contributed by atoms with E-state index in [9.17, 15) is 4.79 Å². The molecule has 1 aromatic heterocycles. The predicted molar refractivity (Wildman–Crippen MR) is 114 cm³/mol. The van der Waals surface area contributed by atoms with Gasteiger partial charge in [-0.05, 0) is 37.3 Å². The lowest BCUT2D eigenvalue weighted by molar-refractivity contribution is 0.104. The Morgan fingerprint density at radius 2 is 1.61 bits per heavy atom. The van der Waals surface area contributed by atoms with Crippen LogP contribution in [0.1, 0.15) is 21.5 Å². The fourth-order valence-corrected chi connectivity index (χ4v) is 3.10. The molecule has 1 heterocycles. The Hall–Kier alpha value is -3.72. The van der Waals surface area contributed by atoms with Crippen LogP contribution in [0.25, 0.3) is 23.0 Å². The number of rotatable bonds is 5. The van der Waals surface area contributed by atoms with Crippen molar-refractivity contribution in [2.45, 2.75) is 6.92 Å². The molecule has 0 aliphatic heterocycles. The summed E-state index contributed by atoms with van der Waals surface area (Å²) in [5.41, 5.74) is 5.49. The SMILES string of the molecule is Cc1cccc(C(=O)/C=C/c2cn(-c3ccccc3)nc2-c2ccccc2)c1. The van der Waals surface area contributed by atoms with Gasteiger partial charge in [0.25, 0.3) is 0 Å². The average molecular weight is 364 g/mol. The predicted octanol–water partition coefficient (Wildman–Crippen LogP) is 5.74. The van der Waals surface area contributed by atoms with Crippen LogP contribution in [0.15, 0.2) is 97.2 Å². The number of nitrogens with zero attached hydrogens (tertiary/aromatic N) is 2. The van der Waals surface area contributed by atoms with Gasteiger partial charge >= 0.3 is 0 Å². The van der Waals surface area contributed by atoms with Gasteiger partial charge in [0, 0.05) is 22.9 Å². The van der Waals surface area contributed by atoms with Crippen molar-refractivity contribution in [1.29, 1.82) is 0 Å². The van der Waals surface area contributed by atoms with Gasteiger partial charge in [0.1, 0.15) is 0 Å². The van der Waals surface area contributed by atoms with Gasteiger partial charge in [-0.15, -0.1) is 0 Å². The highest BCUT2D eigenvalue weighted by Crippen LogP contribution is 2.25. The summed E-state index contributed by atoms with van der Waals surface area (Å²) in [4.78, 5) is 12.6. The summed E-state index contributed by atoms with van der Waals surface area (Å²) < 4.78 is 1.85. The Morgan fingerprint density at radius 1 is 0.893 bits per heavy atom. The first-order chi connectivity index (χ1) is 13.7. The first-order valence-electron chi connectivity index (χ1n) is 9.20. The molecule has 0 spiro atoms. The van der Waals surface area contributed by atoms with E-state index in [1.807, 2.05) is 109 Å². The molecule has 28 heavy (non-hydrogen) atoms. The van der Waals surface area contributed by atoms with Crippen LogP contribution in [0.4, 0.5) is 0 Å². The van der Waals surface area contributed by atoms with Gasteiger partial charge in [0.2, 0.25) is 0 Å². The number of aromatic nitrogens is 2. The molecular formula is C25H20N2O. The molecule has 4 aromatic rings. The van der Waals surface area contributed by atoms with E-state index in [1.165, 1.54) is 0 Å². The molecule has 3 aromatic carbocycles. The minimum Gasteiger partial charge on any atom is -0.289 e. The molecular weight excluding hydrogens is 344 g/mol. The summed E-state index contributed by atoms with van der Waals surface area (Å²) in [6, 6.07) is 27.6. The third-order valence-electron chi connectivity index (χ3n) is 4.53. The number of hydrogen-bond acceptors (Lipinski definition) is 2. The first kappa shape index (κ1) is 17.7. The van der Waals surface area contributed by atoms with Crippen LogP contribution in [-0.4, -0.2) is 15.6 Å². The second-order valence-corrected chi connectivity index (χ2v) is 6.65. The number of benzene rings is 3. The van der Waals surface area contributed by atoms with Crippen LogP contribution in [0, 0.1) is 6.92 Å². The molecule has 0 aliphatic carbocycles. The molecule has 0 amide bonds. The molecule has 3 heteroatoms. The zero-order valence-electron chi connectivity index (χ0n) is 15.6. The van der Waals surface area contributed by atoms with Gasteiger partial charge in [0.05, 0.1) is 11.4 Å². The van der Waals surface area contributed by atoms with E-state index >= 15 is 0 Å². The Morgan fingerprint density at radius 3 is 2.32 bits per heavy atom. The molecule has 0 aliphatic rings. The molecule has 0 atom stereocenters. The Kier molecular flexibility index (Phi) is 4.98. The van der Waals surface area contributed by atoms with Gasteiger partial charge in [-0.3, -0.25) is 4.79 Å². The lowest BCUT2D eigenvalue weighted by Crippen LogP contribution is -1.94. The molecule has 4 rings (SSSR count). The van der Waals surface area contributed by atoms with Crippen molar-refractivity contribution < 1.29 is 4.79 Å². The van der Waals surface area contributed by atoms with Crippen LogP contribution >= 0.6 is 0 Å². The zero-order valence-corrected chi connectivity index (χ0v) is 15.6. The van der Waals surface area contributed by atoms with E-state index < -0.39 is 0 Å².